The average molecular weight is 537 g/mol. The van der Waals surface area contributed by atoms with E-state index in [1.54, 1.807) is 0 Å². The zero-order chi connectivity index (χ0) is 27.3. The summed E-state index contributed by atoms with van der Waals surface area (Å²) in [4.78, 5) is 11.3. The number of carbonyl (C=O) groups is 1. The number of carboxylic acid groups (broad SMARTS) is 1. The third kappa shape index (κ3) is 3.89. The summed E-state index contributed by atoms with van der Waals surface area (Å²) in [7, 11) is 0. The van der Waals surface area contributed by atoms with Crippen LogP contribution < -0.4 is 9.47 Å². The van der Waals surface area contributed by atoms with E-state index < -0.39 is 23.6 Å². The number of hydrogen-bond donors (Lipinski definition) is 2. The van der Waals surface area contributed by atoms with E-state index in [1.807, 2.05) is 24.3 Å². The third-order valence-electron chi connectivity index (χ3n) is 8.09. The molecule has 7 heteroatoms. The molecule has 0 bridgehead atoms. The number of aliphatic hydroxyl groups excluding tert-OH is 1. The van der Waals surface area contributed by atoms with Crippen LogP contribution >= 0.6 is 0 Å². The summed E-state index contributed by atoms with van der Waals surface area (Å²) in [5, 5.41) is 18.5. The normalized spacial score (nSPS) is 23.1. The van der Waals surface area contributed by atoms with Gasteiger partial charge in [-0.05, 0) is 57.6 Å². The third-order valence-corrected chi connectivity index (χ3v) is 8.09. The van der Waals surface area contributed by atoms with Gasteiger partial charge >= 0.3 is 5.97 Å². The first kappa shape index (κ1) is 24.8. The summed E-state index contributed by atoms with van der Waals surface area (Å²) >= 11 is 0. The Labute approximate surface area is 231 Å². The van der Waals surface area contributed by atoms with Crippen molar-refractivity contribution >= 4 is 5.97 Å². The van der Waals surface area contributed by atoms with Crippen molar-refractivity contribution in [3.63, 3.8) is 0 Å². The lowest BCUT2D eigenvalue weighted by Crippen LogP contribution is -2.30. The number of fused-ring (bicyclic) bond motifs is 4. The monoisotopic (exact) mass is 536 g/mol. The van der Waals surface area contributed by atoms with Crippen LogP contribution in [0.2, 0.25) is 0 Å². The average Bonchev–Trinajstić information content (AvgIpc) is 3.61. The number of aliphatic hydroxyl groups is 1. The molecule has 2 fully saturated rings. The van der Waals surface area contributed by atoms with Crippen molar-refractivity contribution < 1.29 is 34.0 Å². The highest BCUT2D eigenvalue weighted by Gasteiger charge is 2.61. The van der Waals surface area contributed by atoms with Gasteiger partial charge in [-0.2, -0.15) is 0 Å². The summed E-state index contributed by atoms with van der Waals surface area (Å²) in [5.74, 6) is 0.373. The fourth-order valence-electron chi connectivity index (χ4n) is 6.32. The molecule has 0 spiro atoms. The van der Waals surface area contributed by atoms with E-state index in [2.05, 4.69) is 72.8 Å². The second-order valence-corrected chi connectivity index (χ2v) is 10.3. The van der Waals surface area contributed by atoms with Crippen LogP contribution in [0.5, 0.6) is 11.5 Å². The van der Waals surface area contributed by atoms with Crippen molar-refractivity contribution in [3.8, 4) is 22.6 Å². The minimum atomic E-state index is -1.00. The molecule has 202 valence electrons. The zero-order valence-corrected chi connectivity index (χ0v) is 21.6. The van der Waals surface area contributed by atoms with Gasteiger partial charge in [0.1, 0.15) is 43.0 Å². The molecule has 3 aliphatic rings. The number of rotatable bonds is 9. The van der Waals surface area contributed by atoms with Gasteiger partial charge in [0.15, 0.2) is 6.10 Å². The van der Waals surface area contributed by atoms with Gasteiger partial charge in [0.2, 0.25) is 0 Å². The van der Waals surface area contributed by atoms with E-state index >= 15 is 0 Å². The maximum absolute atomic E-state index is 11.3. The fourth-order valence-corrected chi connectivity index (χ4v) is 6.32. The van der Waals surface area contributed by atoms with Crippen LogP contribution in [0.1, 0.15) is 22.3 Å². The van der Waals surface area contributed by atoms with E-state index in [4.69, 9.17) is 24.1 Å². The first-order valence-electron chi connectivity index (χ1n) is 13.4. The van der Waals surface area contributed by atoms with Crippen molar-refractivity contribution in [3.05, 3.63) is 119 Å². The Kier molecular flexibility index (Phi) is 6.08. The number of benzene rings is 4. The molecule has 0 saturated carbocycles. The molecule has 2 N–H and O–H groups in total. The summed E-state index contributed by atoms with van der Waals surface area (Å²) in [5.41, 5.74) is 6.43. The van der Waals surface area contributed by atoms with Crippen LogP contribution in [0.3, 0.4) is 0 Å². The lowest BCUT2D eigenvalue weighted by molar-refractivity contribution is -0.156. The summed E-state index contributed by atoms with van der Waals surface area (Å²) in [6.45, 7) is 0.423. The highest BCUT2D eigenvalue weighted by Crippen LogP contribution is 2.56. The van der Waals surface area contributed by atoms with E-state index in [0.717, 1.165) is 11.1 Å². The van der Waals surface area contributed by atoms with Gasteiger partial charge in [-0.1, -0.05) is 72.8 Å². The first-order chi connectivity index (χ1) is 19.6. The number of hydrogen-bond acceptors (Lipinski definition) is 6. The van der Waals surface area contributed by atoms with Crippen molar-refractivity contribution in [2.45, 2.75) is 29.8 Å². The predicted octanol–water partition coefficient (Wildman–Crippen LogP) is 4.42. The van der Waals surface area contributed by atoms with Crippen LogP contribution in [0, 0.1) is 0 Å². The lowest BCUT2D eigenvalue weighted by atomic mass is 9.68. The quantitative estimate of drug-likeness (QED) is 0.269. The second kappa shape index (κ2) is 9.78. The fraction of sp³-hybridized carbons (Fsp3) is 0.242. The molecule has 0 aromatic heterocycles. The Morgan fingerprint density at radius 3 is 1.80 bits per heavy atom. The molecule has 2 aliphatic heterocycles. The molecular weight excluding hydrogens is 508 g/mol. The predicted molar refractivity (Wildman–Crippen MR) is 147 cm³/mol. The van der Waals surface area contributed by atoms with Gasteiger partial charge in [-0.3, -0.25) is 0 Å². The molecule has 0 amide bonds. The molecule has 2 saturated heterocycles. The van der Waals surface area contributed by atoms with Crippen molar-refractivity contribution in [2.24, 2.45) is 0 Å². The highest BCUT2D eigenvalue weighted by atomic mass is 16.7. The Bertz CT molecular complexity index is 1500. The standard InChI is InChI=1S/C33H28O7/c34-17-18-37-22-13-9-20(10-14-22)33(26-7-3-1-5-24(26)25-6-2-4-8-27(25)33)21-11-15-23(16-12-21)38-19-28-29-30(40-29)31(39-28)32(35)36/h1-16,28-31,34H,17-19H2,(H,35,36). The second-order valence-electron chi connectivity index (χ2n) is 10.3. The van der Waals surface area contributed by atoms with E-state index in [-0.39, 0.29) is 32.0 Å². The molecule has 7 nitrogen and oxygen atoms in total. The molecule has 4 unspecified atom stereocenters. The molecular formula is C33H28O7. The SMILES string of the molecule is O=C(O)C1OC(COc2ccc(C3(c4ccc(OCCO)cc4)c4ccccc4-c4ccccc43)cc2)C2OC12. The Morgan fingerprint density at radius 1 is 0.725 bits per heavy atom. The summed E-state index contributed by atoms with van der Waals surface area (Å²) in [6, 6.07) is 33.2. The molecule has 4 aromatic carbocycles. The van der Waals surface area contributed by atoms with Crippen LogP contribution in [0.15, 0.2) is 97.1 Å². The van der Waals surface area contributed by atoms with Gasteiger partial charge in [0.05, 0.1) is 12.0 Å². The van der Waals surface area contributed by atoms with Crippen molar-refractivity contribution in [1.82, 2.24) is 0 Å². The van der Waals surface area contributed by atoms with Crippen molar-refractivity contribution in [1.29, 1.82) is 0 Å². The largest absolute Gasteiger partial charge is 0.491 e. The van der Waals surface area contributed by atoms with Gasteiger partial charge in [0, 0.05) is 0 Å². The van der Waals surface area contributed by atoms with Crippen LogP contribution in [0.25, 0.3) is 11.1 Å². The molecule has 1 aliphatic carbocycles. The van der Waals surface area contributed by atoms with E-state index in [0.29, 0.717) is 11.5 Å². The molecule has 40 heavy (non-hydrogen) atoms. The van der Waals surface area contributed by atoms with Gasteiger partial charge in [-0.25, -0.2) is 4.79 Å². The lowest BCUT2D eigenvalue weighted by Gasteiger charge is -2.34. The van der Waals surface area contributed by atoms with Crippen LogP contribution in [-0.4, -0.2) is 60.4 Å². The molecule has 2 heterocycles. The molecule has 4 atom stereocenters. The topological polar surface area (TPSA) is 97.8 Å². The first-order valence-corrected chi connectivity index (χ1v) is 13.4. The summed E-state index contributed by atoms with van der Waals surface area (Å²) < 4.78 is 22.8. The Morgan fingerprint density at radius 2 is 1.27 bits per heavy atom. The molecule has 7 rings (SSSR count). The Hall–Kier alpha value is -4.17. The highest BCUT2D eigenvalue weighted by molar-refractivity contribution is 5.86. The van der Waals surface area contributed by atoms with Crippen LogP contribution in [0.4, 0.5) is 0 Å². The molecule has 4 aromatic rings. The number of epoxide rings is 1. The maximum Gasteiger partial charge on any atom is 0.335 e. The summed E-state index contributed by atoms with van der Waals surface area (Å²) in [6.07, 6.45) is -1.93. The van der Waals surface area contributed by atoms with Gasteiger partial charge in [-0.15, -0.1) is 0 Å². The maximum atomic E-state index is 11.3. The Balaban J connectivity index is 1.25. The van der Waals surface area contributed by atoms with Gasteiger partial charge in [0.25, 0.3) is 0 Å². The molecule has 0 radical (unpaired) electrons. The number of ether oxygens (including phenoxy) is 4. The zero-order valence-electron chi connectivity index (χ0n) is 21.6. The number of aliphatic carboxylic acids is 1. The van der Waals surface area contributed by atoms with Crippen molar-refractivity contribution in [2.75, 3.05) is 19.8 Å². The minimum Gasteiger partial charge on any atom is -0.491 e. The van der Waals surface area contributed by atoms with E-state index in [1.165, 1.54) is 22.3 Å². The van der Waals surface area contributed by atoms with Crippen LogP contribution in [-0.2, 0) is 19.7 Å². The van der Waals surface area contributed by atoms with E-state index in [9.17, 15) is 9.90 Å². The minimum absolute atomic E-state index is 0.0396. The van der Waals surface area contributed by atoms with Gasteiger partial charge < -0.3 is 29.2 Å². The number of carboxylic acids is 1. The smallest absolute Gasteiger partial charge is 0.335 e.